The van der Waals surface area contributed by atoms with Crippen molar-refractivity contribution < 1.29 is 9.90 Å². The molecule has 2 nitrogen and oxygen atoms in total. The van der Waals surface area contributed by atoms with Crippen LogP contribution in [0.4, 0.5) is 0 Å². The van der Waals surface area contributed by atoms with E-state index in [1.54, 1.807) is 25.2 Å². The van der Waals surface area contributed by atoms with Gasteiger partial charge in [-0.2, -0.15) is 0 Å². The van der Waals surface area contributed by atoms with Crippen LogP contribution in [0.5, 0.6) is 0 Å². The number of aliphatic hydroxyl groups excluding tert-OH is 1. The molecule has 0 spiro atoms. The topological polar surface area (TPSA) is 37.3 Å². The maximum absolute atomic E-state index is 12.0. The van der Waals surface area contributed by atoms with Gasteiger partial charge in [0, 0.05) is 5.57 Å². The molecule has 0 radical (unpaired) electrons. The first-order valence-electron chi connectivity index (χ1n) is 7.07. The number of hydrogen-bond donors (Lipinski definition) is 1. The van der Waals surface area contributed by atoms with Crippen molar-refractivity contribution in [3.63, 3.8) is 0 Å². The van der Waals surface area contributed by atoms with E-state index in [-0.39, 0.29) is 11.5 Å². The van der Waals surface area contributed by atoms with Gasteiger partial charge in [-0.3, -0.25) is 4.79 Å². The van der Waals surface area contributed by atoms with E-state index in [0.29, 0.717) is 5.57 Å². The lowest BCUT2D eigenvalue weighted by Gasteiger charge is -1.99. The van der Waals surface area contributed by atoms with Crippen molar-refractivity contribution in [3.8, 4) is 0 Å². The van der Waals surface area contributed by atoms with Gasteiger partial charge in [-0.15, -0.1) is 0 Å². The molecule has 0 bridgehead atoms. The summed E-state index contributed by atoms with van der Waals surface area (Å²) in [7, 11) is 0. The van der Waals surface area contributed by atoms with E-state index in [1.165, 1.54) is 6.08 Å². The second-order valence-corrected chi connectivity index (χ2v) is 4.86. The summed E-state index contributed by atoms with van der Waals surface area (Å²) in [5.41, 5.74) is 2.23. The quantitative estimate of drug-likeness (QED) is 0.487. The largest absolute Gasteiger partial charge is 0.508 e. The minimum absolute atomic E-state index is 0.0217. The molecule has 0 fully saturated rings. The number of ketones is 1. The highest BCUT2D eigenvalue weighted by atomic mass is 16.3. The second-order valence-electron chi connectivity index (χ2n) is 4.86. The number of hydrogen-bond acceptors (Lipinski definition) is 2. The summed E-state index contributed by atoms with van der Waals surface area (Å²) in [5, 5.41) is 9.98. The van der Waals surface area contributed by atoms with E-state index in [1.807, 2.05) is 60.7 Å². The Labute approximate surface area is 130 Å². The number of aliphatic hydroxyl groups is 1. The smallest absolute Gasteiger partial charge is 0.185 e. The summed E-state index contributed by atoms with van der Waals surface area (Å²) in [6.45, 7) is 1.61. The fraction of sp³-hybridized carbons (Fsp3) is 0.0500. The minimum Gasteiger partial charge on any atom is -0.508 e. The molecule has 110 valence electrons. The number of allylic oxidation sites excluding steroid dienone is 3. The van der Waals surface area contributed by atoms with Crippen LogP contribution < -0.4 is 0 Å². The number of benzene rings is 2. The molecule has 0 aliphatic heterocycles. The van der Waals surface area contributed by atoms with Crippen molar-refractivity contribution in [2.45, 2.75) is 6.92 Å². The Hall–Kier alpha value is -2.87. The molecule has 0 amide bonds. The molecule has 0 unspecified atom stereocenters. The van der Waals surface area contributed by atoms with Gasteiger partial charge in [0.25, 0.3) is 0 Å². The molecule has 1 N–H and O–H groups in total. The van der Waals surface area contributed by atoms with Crippen LogP contribution >= 0.6 is 0 Å². The van der Waals surface area contributed by atoms with Gasteiger partial charge in [-0.05, 0) is 30.2 Å². The van der Waals surface area contributed by atoms with E-state index in [4.69, 9.17) is 0 Å². The van der Waals surface area contributed by atoms with Crippen LogP contribution in [-0.2, 0) is 4.79 Å². The lowest BCUT2D eigenvalue weighted by Crippen LogP contribution is -1.98. The third kappa shape index (κ3) is 4.60. The minimum atomic E-state index is -0.209. The summed E-state index contributed by atoms with van der Waals surface area (Å²) in [6.07, 6.45) is 6.52. The monoisotopic (exact) mass is 290 g/mol. The van der Waals surface area contributed by atoms with Gasteiger partial charge in [-0.25, -0.2) is 0 Å². The van der Waals surface area contributed by atoms with Crippen molar-refractivity contribution in [3.05, 3.63) is 95.3 Å². The van der Waals surface area contributed by atoms with Crippen molar-refractivity contribution in [2.75, 3.05) is 0 Å². The Morgan fingerprint density at radius 3 is 1.77 bits per heavy atom. The summed E-state index contributed by atoms with van der Waals surface area (Å²) in [5.74, 6) is -0.231. The predicted molar refractivity (Wildman–Crippen MR) is 91.3 cm³/mol. The van der Waals surface area contributed by atoms with Crippen molar-refractivity contribution >= 4 is 17.9 Å². The lowest BCUT2D eigenvalue weighted by atomic mass is 10.1. The predicted octanol–water partition coefficient (Wildman–Crippen LogP) is 4.81. The molecule has 0 saturated heterocycles. The summed E-state index contributed by atoms with van der Waals surface area (Å²) < 4.78 is 0. The molecule has 0 atom stereocenters. The van der Waals surface area contributed by atoms with E-state index >= 15 is 0 Å². The number of carbonyl (C=O) groups excluding carboxylic acids is 1. The second kappa shape index (κ2) is 7.79. The van der Waals surface area contributed by atoms with Crippen LogP contribution in [0.15, 0.2) is 84.1 Å². The first kappa shape index (κ1) is 15.5. The van der Waals surface area contributed by atoms with Crippen LogP contribution in [0.25, 0.3) is 12.2 Å². The Balaban J connectivity index is 2.08. The van der Waals surface area contributed by atoms with Gasteiger partial charge >= 0.3 is 0 Å². The maximum Gasteiger partial charge on any atom is 0.185 e. The van der Waals surface area contributed by atoms with Crippen LogP contribution in [0.2, 0.25) is 0 Å². The Morgan fingerprint density at radius 1 is 0.818 bits per heavy atom. The molecule has 2 rings (SSSR count). The standard InChI is InChI=1S/C20H18O2/c1-16(19(21)14-12-17-8-4-2-5-9-17)20(22)15-13-18-10-6-3-7-11-18/h2-15,21H,1H3/b14-12+,15-13+,19-16-. The molecular weight excluding hydrogens is 272 g/mol. The van der Waals surface area contributed by atoms with E-state index in [0.717, 1.165) is 11.1 Å². The summed E-state index contributed by atoms with van der Waals surface area (Å²) in [6, 6.07) is 19.2. The van der Waals surface area contributed by atoms with E-state index < -0.39 is 0 Å². The van der Waals surface area contributed by atoms with Gasteiger partial charge in [-0.1, -0.05) is 72.8 Å². The van der Waals surface area contributed by atoms with Gasteiger partial charge in [0.1, 0.15) is 5.76 Å². The molecule has 2 aromatic carbocycles. The first-order chi connectivity index (χ1) is 10.7. The zero-order chi connectivity index (χ0) is 15.8. The highest BCUT2D eigenvalue weighted by Crippen LogP contribution is 2.10. The highest BCUT2D eigenvalue weighted by molar-refractivity contribution is 6.06. The van der Waals surface area contributed by atoms with Crippen molar-refractivity contribution in [1.82, 2.24) is 0 Å². The Kier molecular flexibility index (Phi) is 5.50. The molecule has 0 aromatic heterocycles. The molecule has 2 aromatic rings. The highest BCUT2D eigenvalue weighted by Gasteiger charge is 2.04. The zero-order valence-corrected chi connectivity index (χ0v) is 12.4. The first-order valence-corrected chi connectivity index (χ1v) is 7.07. The molecular formula is C20H18O2. The fourth-order valence-electron chi connectivity index (χ4n) is 1.85. The molecule has 0 saturated carbocycles. The Bertz CT molecular complexity index is 708. The fourth-order valence-corrected chi connectivity index (χ4v) is 1.85. The SMILES string of the molecule is C/C(C(=O)/C=C/c1ccccc1)=C(O)\C=C\c1ccccc1. The van der Waals surface area contributed by atoms with Gasteiger partial charge in [0.2, 0.25) is 0 Å². The molecule has 22 heavy (non-hydrogen) atoms. The number of rotatable bonds is 5. The van der Waals surface area contributed by atoms with Crippen LogP contribution in [0, 0.1) is 0 Å². The van der Waals surface area contributed by atoms with Gasteiger partial charge in [0.05, 0.1) is 0 Å². The Morgan fingerprint density at radius 2 is 1.27 bits per heavy atom. The third-order valence-electron chi connectivity index (χ3n) is 3.21. The molecule has 0 aliphatic rings. The van der Waals surface area contributed by atoms with Crippen molar-refractivity contribution in [2.24, 2.45) is 0 Å². The maximum atomic E-state index is 12.0. The molecule has 0 heterocycles. The third-order valence-corrected chi connectivity index (χ3v) is 3.21. The van der Waals surface area contributed by atoms with E-state index in [2.05, 4.69) is 0 Å². The summed E-state index contributed by atoms with van der Waals surface area (Å²) in [4.78, 5) is 12.0. The van der Waals surface area contributed by atoms with Crippen LogP contribution in [0.3, 0.4) is 0 Å². The normalized spacial score (nSPS) is 12.6. The average Bonchev–Trinajstić information content (AvgIpc) is 2.58. The average molecular weight is 290 g/mol. The van der Waals surface area contributed by atoms with Crippen LogP contribution in [-0.4, -0.2) is 10.9 Å². The zero-order valence-electron chi connectivity index (χ0n) is 12.4. The van der Waals surface area contributed by atoms with Crippen LogP contribution in [0.1, 0.15) is 18.1 Å². The number of carbonyl (C=O) groups is 1. The van der Waals surface area contributed by atoms with Gasteiger partial charge in [0.15, 0.2) is 5.78 Å². The van der Waals surface area contributed by atoms with E-state index in [9.17, 15) is 9.90 Å². The molecule has 0 aliphatic carbocycles. The van der Waals surface area contributed by atoms with Crippen molar-refractivity contribution in [1.29, 1.82) is 0 Å². The van der Waals surface area contributed by atoms with Gasteiger partial charge < -0.3 is 5.11 Å². The summed E-state index contributed by atoms with van der Waals surface area (Å²) >= 11 is 0. The molecule has 2 heteroatoms. The lowest BCUT2D eigenvalue weighted by molar-refractivity contribution is -0.111.